The van der Waals surface area contributed by atoms with Crippen molar-refractivity contribution in [3.05, 3.63) is 30.0 Å². The van der Waals surface area contributed by atoms with Gasteiger partial charge in [-0.3, -0.25) is 4.68 Å². The molecule has 1 saturated carbocycles. The van der Waals surface area contributed by atoms with E-state index in [0.29, 0.717) is 6.04 Å². The van der Waals surface area contributed by atoms with Crippen molar-refractivity contribution >= 4 is 10.9 Å². The van der Waals surface area contributed by atoms with Crippen molar-refractivity contribution in [2.24, 2.45) is 5.92 Å². The molecule has 1 N–H and O–H groups in total. The van der Waals surface area contributed by atoms with Gasteiger partial charge in [0.05, 0.1) is 11.2 Å². The quantitative estimate of drug-likeness (QED) is 0.857. The van der Waals surface area contributed by atoms with Crippen LogP contribution in [-0.2, 0) is 13.1 Å². The average molecular weight is 285 g/mol. The van der Waals surface area contributed by atoms with Crippen LogP contribution in [0, 0.1) is 5.92 Å². The van der Waals surface area contributed by atoms with Crippen molar-refractivity contribution in [2.75, 3.05) is 0 Å². The first-order chi connectivity index (χ1) is 10.3. The summed E-state index contributed by atoms with van der Waals surface area (Å²) in [6.45, 7) is 6.37. The summed E-state index contributed by atoms with van der Waals surface area (Å²) >= 11 is 0. The van der Waals surface area contributed by atoms with Crippen molar-refractivity contribution in [3.8, 4) is 0 Å². The monoisotopic (exact) mass is 285 g/mol. The van der Waals surface area contributed by atoms with E-state index in [9.17, 15) is 0 Å². The zero-order valence-corrected chi connectivity index (χ0v) is 13.3. The highest BCUT2D eigenvalue weighted by atomic mass is 15.3. The van der Waals surface area contributed by atoms with Gasteiger partial charge in [-0.1, -0.05) is 44.4 Å². The highest BCUT2D eigenvalue weighted by Gasteiger charge is 2.20. The van der Waals surface area contributed by atoms with Crippen molar-refractivity contribution < 1.29 is 0 Å². The largest absolute Gasteiger partial charge is 0.308 e. The highest BCUT2D eigenvalue weighted by Crippen LogP contribution is 2.24. The summed E-state index contributed by atoms with van der Waals surface area (Å²) in [5, 5.41) is 9.88. The second kappa shape index (κ2) is 6.61. The molecule has 0 radical (unpaired) electrons. The summed E-state index contributed by atoms with van der Waals surface area (Å²) in [5.74, 6) is 0.784. The Hall–Kier alpha value is -1.35. The second-order valence-corrected chi connectivity index (χ2v) is 6.38. The van der Waals surface area contributed by atoms with Crippen LogP contribution in [0.15, 0.2) is 24.3 Å². The molecule has 114 valence electrons. The Balaban J connectivity index is 1.75. The predicted octanol–water partition coefficient (Wildman–Crippen LogP) is 4.11. The Bertz CT molecular complexity index is 587. The van der Waals surface area contributed by atoms with E-state index in [4.69, 9.17) is 5.10 Å². The summed E-state index contributed by atoms with van der Waals surface area (Å²) in [6.07, 6.45) is 6.84. The molecule has 0 bridgehead atoms. The molecule has 1 aromatic heterocycles. The fourth-order valence-corrected chi connectivity index (χ4v) is 3.59. The number of para-hydroxylation sites is 1. The van der Waals surface area contributed by atoms with E-state index >= 15 is 0 Å². The maximum atomic E-state index is 4.79. The minimum Gasteiger partial charge on any atom is -0.308 e. The standard InChI is InChI=1S/C18H27N3/c1-3-21-18-12-8-7-10-15(18)17(20-21)13-19-16-11-6-4-5-9-14(16)2/h7-8,10,12,14,16,19H,3-6,9,11,13H2,1-2H3. The Labute approximate surface area is 127 Å². The zero-order valence-electron chi connectivity index (χ0n) is 13.3. The van der Waals surface area contributed by atoms with Crippen LogP contribution in [-0.4, -0.2) is 15.8 Å². The minimum absolute atomic E-state index is 0.651. The molecule has 1 fully saturated rings. The van der Waals surface area contributed by atoms with Gasteiger partial charge >= 0.3 is 0 Å². The van der Waals surface area contributed by atoms with E-state index in [0.717, 1.165) is 19.0 Å². The molecule has 0 amide bonds. The molecule has 21 heavy (non-hydrogen) atoms. The fourth-order valence-electron chi connectivity index (χ4n) is 3.59. The third-order valence-corrected chi connectivity index (χ3v) is 4.93. The van der Waals surface area contributed by atoms with Crippen LogP contribution in [0.2, 0.25) is 0 Å². The first kappa shape index (κ1) is 14.6. The molecule has 2 unspecified atom stereocenters. The van der Waals surface area contributed by atoms with Gasteiger partial charge in [-0.15, -0.1) is 0 Å². The third kappa shape index (κ3) is 3.13. The van der Waals surface area contributed by atoms with Gasteiger partial charge in [0.15, 0.2) is 0 Å². The number of aromatic nitrogens is 2. The number of hydrogen-bond acceptors (Lipinski definition) is 2. The topological polar surface area (TPSA) is 29.9 Å². The van der Waals surface area contributed by atoms with E-state index in [1.54, 1.807) is 0 Å². The van der Waals surface area contributed by atoms with Gasteiger partial charge in [-0.05, 0) is 31.7 Å². The molecule has 0 aliphatic heterocycles. The summed E-state index contributed by atoms with van der Waals surface area (Å²) in [4.78, 5) is 0. The molecule has 1 aromatic carbocycles. The molecular weight excluding hydrogens is 258 g/mol. The number of fused-ring (bicyclic) bond motifs is 1. The van der Waals surface area contributed by atoms with E-state index in [-0.39, 0.29) is 0 Å². The lowest BCUT2D eigenvalue weighted by atomic mass is 9.97. The molecule has 1 heterocycles. The van der Waals surface area contributed by atoms with Gasteiger partial charge in [0, 0.05) is 24.5 Å². The van der Waals surface area contributed by atoms with Crippen molar-refractivity contribution in [3.63, 3.8) is 0 Å². The molecule has 1 aliphatic carbocycles. The van der Waals surface area contributed by atoms with Gasteiger partial charge in [0.25, 0.3) is 0 Å². The summed E-state index contributed by atoms with van der Waals surface area (Å²) in [5.41, 5.74) is 2.45. The molecule has 3 nitrogen and oxygen atoms in total. The number of benzene rings is 1. The zero-order chi connectivity index (χ0) is 14.7. The molecule has 0 spiro atoms. The van der Waals surface area contributed by atoms with E-state index < -0.39 is 0 Å². The number of hydrogen-bond donors (Lipinski definition) is 1. The van der Waals surface area contributed by atoms with E-state index in [2.05, 4.69) is 48.1 Å². The predicted molar refractivity (Wildman–Crippen MR) is 88.3 cm³/mol. The van der Waals surface area contributed by atoms with Crippen LogP contribution < -0.4 is 5.32 Å². The summed E-state index contributed by atoms with van der Waals surface area (Å²) in [7, 11) is 0. The summed E-state index contributed by atoms with van der Waals surface area (Å²) in [6, 6.07) is 9.23. The minimum atomic E-state index is 0.651. The van der Waals surface area contributed by atoms with Gasteiger partial charge < -0.3 is 5.32 Å². The molecule has 2 atom stereocenters. The maximum Gasteiger partial charge on any atom is 0.0841 e. The number of aryl methyl sites for hydroxylation is 1. The first-order valence-electron chi connectivity index (χ1n) is 8.47. The Morgan fingerprint density at radius 3 is 2.86 bits per heavy atom. The lowest BCUT2D eigenvalue weighted by Gasteiger charge is -2.22. The maximum absolute atomic E-state index is 4.79. The number of nitrogens with zero attached hydrogens (tertiary/aromatic N) is 2. The lowest BCUT2D eigenvalue weighted by molar-refractivity contribution is 0.354. The van der Waals surface area contributed by atoms with E-state index in [1.165, 1.54) is 48.7 Å². The second-order valence-electron chi connectivity index (χ2n) is 6.38. The van der Waals surface area contributed by atoms with Crippen LogP contribution in [0.1, 0.15) is 51.6 Å². The molecular formula is C18H27N3. The molecule has 1 aliphatic rings. The molecule has 0 saturated heterocycles. The van der Waals surface area contributed by atoms with Crippen LogP contribution in [0.3, 0.4) is 0 Å². The van der Waals surface area contributed by atoms with Crippen LogP contribution in [0.4, 0.5) is 0 Å². The number of rotatable bonds is 4. The Morgan fingerprint density at radius 1 is 1.19 bits per heavy atom. The SMILES string of the molecule is CCn1nc(CNC2CCCCCC2C)c2ccccc21. The highest BCUT2D eigenvalue weighted by molar-refractivity contribution is 5.81. The third-order valence-electron chi connectivity index (χ3n) is 4.93. The van der Waals surface area contributed by atoms with Gasteiger partial charge in [-0.2, -0.15) is 5.10 Å². The molecule has 2 aromatic rings. The van der Waals surface area contributed by atoms with Crippen LogP contribution in [0.5, 0.6) is 0 Å². The van der Waals surface area contributed by atoms with Crippen molar-refractivity contribution in [1.29, 1.82) is 0 Å². The van der Waals surface area contributed by atoms with Gasteiger partial charge in [-0.25, -0.2) is 0 Å². The lowest BCUT2D eigenvalue weighted by Crippen LogP contribution is -2.34. The van der Waals surface area contributed by atoms with Crippen molar-refractivity contribution in [1.82, 2.24) is 15.1 Å². The van der Waals surface area contributed by atoms with Gasteiger partial charge in [0.2, 0.25) is 0 Å². The average Bonchev–Trinajstić information content (AvgIpc) is 2.74. The number of nitrogens with one attached hydrogen (secondary N) is 1. The van der Waals surface area contributed by atoms with Gasteiger partial charge in [0.1, 0.15) is 0 Å². The molecule has 3 heteroatoms. The normalized spacial score (nSPS) is 23.3. The Kier molecular flexibility index (Phi) is 4.59. The van der Waals surface area contributed by atoms with Crippen molar-refractivity contribution in [2.45, 2.75) is 65.1 Å². The first-order valence-corrected chi connectivity index (χ1v) is 8.47. The smallest absolute Gasteiger partial charge is 0.0841 e. The summed E-state index contributed by atoms with van der Waals surface area (Å²) < 4.78 is 2.11. The van der Waals surface area contributed by atoms with Crippen LogP contribution in [0.25, 0.3) is 10.9 Å². The molecule has 3 rings (SSSR count). The Morgan fingerprint density at radius 2 is 2.00 bits per heavy atom. The fraction of sp³-hybridized carbons (Fsp3) is 0.611. The van der Waals surface area contributed by atoms with Crippen LogP contribution >= 0.6 is 0 Å². The van der Waals surface area contributed by atoms with E-state index in [1.807, 2.05) is 0 Å².